The van der Waals surface area contributed by atoms with Crippen molar-refractivity contribution in [3.05, 3.63) is 0 Å². The highest BCUT2D eigenvalue weighted by atomic mass is 32.2. The lowest BCUT2D eigenvalue weighted by Crippen LogP contribution is -2.59. The van der Waals surface area contributed by atoms with Crippen LogP contribution in [0.1, 0.15) is 48.5 Å². The number of nitrogens with zero attached hydrogens (tertiary/aromatic N) is 2. The first-order valence-corrected chi connectivity index (χ1v) is 14.2. The number of carbonyl (C=O) groups is 2. The second-order valence-electron chi connectivity index (χ2n) is 10.2. The minimum atomic E-state index is -2.98. The van der Waals surface area contributed by atoms with E-state index in [1.807, 2.05) is 33.9 Å². The van der Waals surface area contributed by atoms with E-state index in [0.717, 1.165) is 11.8 Å². The van der Waals surface area contributed by atoms with E-state index in [4.69, 9.17) is 13.9 Å². The van der Waals surface area contributed by atoms with Crippen molar-refractivity contribution in [2.45, 2.75) is 102 Å². The molecule has 2 rings (SSSR count). The molecule has 2 heterocycles. The number of thioether (sulfide) groups is 1. The summed E-state index contributed by atoms with van der Waals surface area (Å²) in [6.07, 6.45) is -6.61. The monoisotopic (exact) mass is 480 g/mol. The van der Waals surface area contributed by atoms with Crippen molar-refractivity contribution in [3.8, 4) is 0 Å². The van der Waals surface area contributed by atoms with E-state index in [1.54, 1.807) is 27.7 Å². The van der Waals surface area contributed by atoms with E-state index in [0.29, 0.717) is 0 Å². The standard InChI is InChI=1S/C20H34F2N2O5SSi/c1-10-24(18(26)28-19(2,3)4)17-23-11-13(29-31(8,9)20(5,6)7)12(25)14(15(21)22)27-16(11)30-17/h11,13-16H,10H2,1-9H3/t11-,13-,14+,16-/m1/s1. The number of Topliss-reactive ketones (excluding diaryl/α,β-unsaturated/α-hetero) is 1. The molecule has 1 amide bonds. The highest BCUT2D eigenvalue weighted by Crippen LogP contribution is 2.43. The number of rotatable bonds is 4. The third-order valence-electron chi connectivity index (χ3n) is 5.53. The van der Waals surface area contributed by atoms with Crippen LogP contribution in [0.4, 0.5) is 13.6 Å². The summed E-state index contributed by atoms with van der Waals surface area (Å²) in [5.41, 5.74) is -1.56. The number of amidine groups is 1. The van der Waals surface area contributed by atoms with Crippen LogP contribution in [0.25, 0.3) is 0 Å². The quantitative estimate of drug-likeness (QED) is 0.545. The van der Waals surface area contributed by atoms with Gasteiger partial charge in [-0.2, -0.15) is 0 Å². The molecule has 0 aliphatic carbocycles. The number of ketones is 1. The maximum absolute atomic E-state index is 13.6. The van der Waals surface area contributed by atoms with E-state index in [-0.39, 0.29) is 16.8 Å². The molecule has 0 N–H and O–H groups in total. The van der Waals surface area contributed by atoms with Crippen molar-refractivity contribution in [2.24, 2.45) is 4.99 Å². The molecule has 1 saturated heterocycles. The molecular weight excluding hydrogens is 446 g/mol. The van der Waals surface area contributed by atoms with Crippen LogP contribution in [0, 0.1) is 0 Å². The van der Waals surface area contributed by atoms with Gasteiger partial charge >= 0.3 is 6.09 Å². The van der Waals surface area contributed by atoms with Gasteiger partial charge in [0.1, 0.15) is 23.2 Å². The molecule has 2 aliphatic rings. The number of amides is 1. The molecule has 0 unspecified atom stereocenters. The summed E-state index contributed by atoms with van der Waals surface area (Å²) in [5.74, 6) is -0.799. The second-order valence-corrected chi connectivity index (χ2v) is 16.0. The number of carbonyl (C=O) groups excluding carboxylic acids is 2. The Kier molecular flexibility index (Phi) is 7.67. The zero-order valence-electron chi connectivity index (χ0n) is 19.7. The summed E-state index contributed by atoms with van der Waals surface area (Å²) in [4.78, 5) is 31.4. The highest BCUT2D eigenvalue weighted by molar-refractivity contribution is 8.14. The highest BCUT2D eigenvalue weighted by Gasteiger charge is 2.55. The van der Waals surface area contributed by atoms with Crippen LogP contribution in [0.3, 0.4) is 0 Å². The maximum atomic E-state index is 13.6. The summed E-state index contributed by atoms with van der Waals surface area (Å²) in [6.45, 7) is 17.2. The number of aliphatic imine (C=N–C) groups is 1. The average molecular weight is 481 g/mol. The number of ether oxygens (including phenoxy) is 2. The Hall–Kier alpha value is -1.04. The van der Waals surface area contributed by atoms with Crippen LogP contribution in [0.15, 0.2) is 4.99 Å². The van der Waals surface area contributed by atoms with Crippen LogP contribution < -0.4 is 0 Å². The lowest BCUT2D eigenvalue weighted by molar-refractivity contribution is -0.164. The van der Waals surface area contributed by atoms with Gasteiger partial charge in [0.05, 0.1) is 0 Å². The normalized spacial score (nSPS) is 27.2. The van der Waals surface area contributed by atoms with E-state index in [9.17, 15) is 18.4 Å². The molecule has 0 saturated carbocycles. The molecule has 7 nitrogen and oxygen atoms in total. The molecule has 0 radical (unpaired) electrons. The van der Waals surface area contributed by atoms with Crippen molar-refractivity contribution >= 4 is 37.1 Å². The predicted molar refractivity (Wildman–Crippen MR) is 119 cm³/mol. The Morgan fingerprint density at radius 1 is 1.26 bits per heavy atom. The Bertz CT molecular complexity index is 736. The molecule has 0 aromatic heterocycles. The van der Waals surface area contributed by atoms with E-state index >= 15 is 0 Å². The predicted octanol–water partition coefficient (Wildman–Crippen LogP) is 4.66. The first-order valence-electron chi connectivity index (χ1n) is 10.4. The van der Waals surface area contributed by atoms with E-state index in [2.05, 4.69) is 4.99 Å². The molecule has 1 fully saturated rings. The van der Waals surface area contributed by atoms with Crippen LogP contribution in [0.2, 0.25) is 18.1 Å². The molecule has 0 aromatic rings. The first kappa shape index (κ1) is 26.2. The third kappa shape index (κ3) is 5.85. The summed E-state index contributed by atoms with van der Waals surface area (Å²) in [6, 6.07) is -0.812. The van der Waals surface area contributed by atoms with Gasteiger partial charge in [0.15, 0.2) is 25.4 Å². The van der Waals surface area contributed by atoms with Gasteiger partial charge in [0, 0.05) is 6.54 Å². The Labute approximate surface area is 188 Å². The summed E-state index contributed by atoms with van der Waals surface area (Å²) >= 11 is 1.04. The van der Waals surface area contributed by atoms with Crippen molar-refractivity contribution < 1.29 is 32.3 Å². The van der Waals surface area contributed by atoms with Crippen LogP contribution >= 0.6 is 11.8 Å². The number of hydrogen-bond acceptors (Lipinski definition) is 7. The number of halogens is 2. The Balaban J connectivity index is 2.37. The van der Waals surface area contributed by atoms with Gasteiger partial charge in [0.2, 0.25) is 0 Å². The lowest BCUT2D eigenvalue weighted by atomic mass is 10.0. The molecule has 11 heteroatoms. The number of fused-ring (bicyclic) bond motifs is 1. The molecule has 31 heavy (non-hydrogen) atoms. The maximum Gasteiger partial charge on any atom is 0.416 e. The summed E-state index contributed by atoms with van der Waals surface area (Å²) in [7, 11) is -2.47. The van der Waals surface area contributed by atoms with Gasteiger partial charge in [-0.25, -0.2) is 13.6 Å². The molecule has 0 spiro atoms. The molecular formula is C20H34F2N2O5SSi. The molecule has 178 valence electrons. The van der Waals surface area contributed by atoms with Crippen LogP contribution in [-0.4, -0.2) is 72.5 Å². The minimum Gasteiger partial charge on any atom is -0.443 e. The van der Waals surface area contributed by atoms with E-state index < -0.39 is 55.9 Å². The van der Waals surface area contributed by atoms with Gasteiger partial charge in [-0.15, -0.1) is 0 Å². The Morgan fingerprint density at radius 3 is 2.29 bits per heavy atom. The van der Waals surface area contributed by atoms with Gasteiger partial charge in [-0.1, -0.05) is 32.5 Å². The topological polar surface area (TPSA) is 77.4 Å². The van der Waals surface area contributed by atoms with Crippen molar-refractivity contribution in [3.63, 3.8) is 0 Å². The zero-order chi connectivity index (χ0) is 23.9. The van der Waals surface area contributed by atoms with E-state index in [1.165, 1.54) is 4.90 Å². The second kappa shape index (κ2) is 9.07. The largest absolute Gasteiger partial charge is 0.443 e. The fraction of sp³-hybridized carbons (Fsp3) is 0.850. The fourth-order valence-corrected chi connectivity index (χ4v) is 5.33. The van der Waals surface area contributed by atoms with Gasteiger partial charge in [-0.3, -0.25) is 14.7 Å². The molecule has 4 atom stereocenters. The molecule has 0 aromatic carbocycles. The fourth-order valence-electron chi connectivity index (χ4n) is 2.85. The lowest BCUT2D eigenvalue weighted by Gasteiger charge is -2.43. The smallest absolute Gasteiger partial charge is 0.416 e. The van der Waals surface area contributed by atoms with Gasteiger partial charge in [-0.05, 0) is 45.8 Å². The minimum absolute atomic E-state index is 0.230. The van der Waals surface area contributed by atoms with Crippen molar-refractivity contribution in [1.82, 2.24) is 4.90 Å². The SMILES string of the molecule is CCN(C(=O)OC(C)(C)C)C1=N[C@H]2[C@H](O[C@H](C(F)F)C(=O)[C@@H]2O[Si](C)(C)C(C)(C)C)S1. The van der Waals surface area contributed by atoms with Gasteiger partial charge < -0.3 is 13.9 Å². The first-order chi connectivity index (χ1) is 14.0. The summed E-state index contributed by atoms with van der Waals surface area (Å²) in [5, 5.41) is 0.0457. The molecule has 0 bridgehead atoms. The third-order valence-corrected chi connectivity index (χ3v) is 11.1. The van der Waals surface area contributed by atoms with Crippen LogP contribution in [0.5, 0.6) is 0 Å². The zero-order valence-corrected chi connectivity index (χ0v) is 21.5. The van der Waals surface area contributed by atoms with Gasteiger partial charge in [0.25, 0.3) is 6.43 Å². The average Bonchev–Trinajstić information content (AvgIpc) is 2.98. The Morgan fingerprint density at radius 2 is 1.84 bits per heavy atom. The van der Waals surface area contributed by atoms with Crippen molar-refractivity contribution in [1.29, 1.82) is 0 Å². The molecule has 2 aliphatic heterocycles. The van der Waals surface area contributed by atoms with Crippen LogP contribution in [-0.2, 0) is 18.7 Å². The summed E-state index contributed by atoms with van der Waals surface area (Å²) < 4.78 is 44.3. The number of hydrogen-bond donors (Lipinski definition) is 0. The van der Waals surface area contributed by atoms with Crippen molar-refractivity contribution in [2.75, 3.05) is 6.54 Å². The number of alkyl halides is 2.